The summed E-state index contributed by atoms with van der Waals surface area (Å²) in [5.74, 6) is -0.905. The van der Waals surface area contributed by atoms with Crippen molar-refractivity contribution >= 4 is 11.9 Å². The second-order valence-corrected chi connectivity index (χ2v) is 4.07. The van der Waals surface area contributed by atoms with E-state index in [1.165, 1.54) is 0 Å². The summed E-state index contributed by atoms with van der Waals surface area (Å²) in [4.78, 5) is 28.0. The van der Waals surface area contributed by atoms with E-state index in [4.69, 9.17) is 5.11 Å². The zero-order valence-electron chi connectivity index (χ0n) is 10.5. The third kappa shape index (κ3) is 4.95. The van der Waals surface area contributed by atoms with E-state index in [1.807, 2.05) is 13.0 Å². The fraction of sp³-hybridized carbons (Fsp3) is 0.462. The molecular formula is C13H18N2O3. The van der Waals surface area contributed by atoms with Gasteiger partial charge in [0.1, 0.15) is 0 Å². The molecule has 1 aromatic rings. The molecule has 0 saturated carbocycles. The Morgan fingerprint density at radius 1 is 1.39 bits per heavy atom. The van der Waals surface area contributed by atoms with Crippen LogP contribution in [0.2, 0.25) is 0 Å². The van der Waals surface area contributed by atoms with E-state index in [0.29, 0.717) is 13.0 Å². The monoisotopic (exact) mass is 250 g/mol. The highest BCUT2D eigenvalue weighted by Crippen LogP contribution is 2.07. The number of carbonyl (C=O) groups excluding carboxylic acids is 1. The number of pyridine rings is 1. The third-order valence-electron chi connectivity index (χ3n) is 2.51. The SMILES string of the molecule is CCCC(=O)N(CCC(=O)O)Cc1cccnc1. The van der Waals surface area contributed by atoms with Crippen molar-refractivity contribution in [2.75, 3.05) is 6.54 Å². The lowest BCUT2D eigenvalue weighted by Gasteiger charge is -2.21. The van der Waals surface area contributed by atoms with Crippen molar-refractivity contribution in [2.24, 2.45) is 0 Å². The fourth-order valence-electron chi connectivity index (χ4n) is 1.61. The first-order valence-electron chi connectivity index (χ1n) is 6.02. The van der Waals surface area contributed by atoms with Crippen molar-refractivity contribution in [3.05, 3.63) is 30.1 Å². The van der Waals surface area contributed by atoms with Crippen molar-refractivity contribution in [3.63, 3.8) is 0 Å². The van der Waals surface area contributed by atoms with E-state index in [0.717, 1.165) is 12.0 Å². The lowest BCUT2D eigenvalue weighted by atomic mass is 10.2. The first-order chi connectivity index (χ1) is 8.63. The summed E-state index contributed by atoms with van der Waals surface area (Å²) in [5, 5.41) is 8.69. The first kappa shape index (κ1) is 14.2. The van der Waals surface area contributed by atoms with Crippen molar-refractivity contribution in [2.45, 2.75) is 32.7 Å². The molecule has 1 amide bonds. The maximum absolute atomic E-state index is 11.9. The van der Waals surface area contributed by atoms with Gasteiger partial charge < -0.3 is 10.0 Å². The molecule has 0 unspecified atom stereocenters. The molecule has 0 aromatic carbocycles. The molecule has 5 nitrogen and oxygen atoms in total. The van der Waals surface area contributed by atoms with Crippen LogP contribution in [0.15, 0.2) is 24.5 Å². The fourth-order valence-corrected chi connectivity index (χ4v) is 1.61. The highest BCUT2D eigenvalue weighted by Gasteiger charge is 2.14. The number of amides is 1. The molecule has 0 aliphatic rings. The van der Waals surface area contributed by atoms with Crippen molar-refractivity contribution < 1.29 is 14.7 Å². The Bertz CT molecular complexity index is 392. The molecule has 0 aliphatic carbocycles. The van der Waals surface area contributed by atoms with Crippen LogP contribution < -0.4 is 0 Å². The molecule has 0 aliphatic heterocycles. The van der Waals surface area contributed by atoms with E-state index in [-0.39, 0.29) is 18.9 Å². The third-order valence-corrected chi connectivity index (χ3v) is 2.51. The van der Waals surface area contributed by atoms with Crippen LogP contribution in [0.3, 0.4) is 0 Å². The van der Waals surface area contributed by atoms with Gasteiger partial charge >= 0.3 is 5.97 Å². The average molecular weight is 250 g/mol. The Labute approximate surface area is 106 Å². The molecule has 0 bridgehead atoms. The quantitative estimate of drug-likeness (QED) is 0.799. The molecule has 1 rings (SSSR count). The summed E-state index contributed by atoms with van der Waals surface area (Å²) < 4.78 is 0. The van der Waals surface area contributed by atoms with Crippen molar-refractivity contribution in [1.82, 2.24) is 9.88 Å². The molecule has 1 N–H and O–H groups in total. The number of hydrogen-bond acceptors (Lipinski definition) is 3. The Morgan fingerprint density at radius 2 is 2.17 bits per heavy atom. The normalized spacial score (nSPS) is 10.1. The standard InChI is InChI=1S/C13H18N2O3/c1-2-4-12(16)15(8-6-13(17)18)10-11-5-3-7-14-9-11/h3,5,7,9H,2,4,6,8,10H2,1H3,(H,17,18). The summed E-state index contributed by atoms with van der Waals surface area (Å²) in [6.07, 6.45) is 4.52. The van der Waals surface area contributed by atoms with E-state index >= 15 is 0 Å². The highest BCUT2D eigenvalue weighted by atomic mass is 16.4. The molecule has 5 heteroatoms. The van der Waals surface area contributed by atoms with Crippen LogP contribution in [0, 0.1) is 0 Å². The minimum Gasteiger partial charge on any atom is -0.481 e. The van der Waals surface area contributed by atoms with Gasteiger partial charge in [-0.15, -0.1) is 0 Å². The van der Waals surface area contributed by atoms with Crippen LogP contribution in [-0.4, -0.2) is 33.4 Å². The van der Waals surface area contributed by atoms with Gasteiger partial charge in [0, 0.05) is 31.9 Å². The van der Waals surface area contributed by atoms with Gasteiger partial charge in [0.2, 0.25) is 5.91 Å². The van der Waals surface area contributed by atoms with Gasteiger partial charge in [-0.1, -0.05) is 13.0 Å². The molecule has 18 heavy (non-hydrogen) atoms. The van der Waals surface area contributed by atoms with Gasteiger partial charge in [0.05, 0.1) is 6.42 Å². The number of nitrogens with zero attached hydrogens (tertiary/aromatic N) is 2. The maximum Gasteiger partial charge on any atom is 0.305 e. The minimum atomic E-state index is -0.893. The van der Waals surface area contributed by atoms with Crippen molar-refractivity contribution in [3.8, 4) is 0 Å². The van der Waals surface area contributed by atoms with Crippen LogP contribution in [0.5, 0.6) is 0 Å². The zero-order valence-corrected chi connectivity index (χ0v) is 10.5. The van der Waals surface area contributed by atoms with Crippen LogP contribution in [0.1, 0.15) is 31.7 Å². The summed E-state index contributed by atoms with van der Waals surface area (Å²) in [5.41, 5.74) is 0.910. The summed E-state index contributed by atoms with van der Waals surface area (Å²) in [6.45, 7) is 2.58. The first-order valence-corrected chi connectivity index (χ1v) is 6.02. The second-order valence-electron chi connectivity index (χ2n) is 4.07. The second kappa shape index (κ2) is 7.42. The molecule has 1 heterocycles. The largest absolute Gasteiger partial charge is 0.481 e. The Kier molecular flexibility index (Phi) is 5.84. The zero-order chi connectivity index (χ0) is 13.4. The molecule has 0 spiro atoms. The summed E-state index contributed by atoms with van der Waals surface area (Å²) in [6, 6.07) is 3.68. The number of aromatic nitrogens is 1. The molecule has 0 atom stereocenters. The number of carbonyl (C=O) groups is 2. The smallest absolute Gasteiger partial charge is 0.305 e. The lowest BCUT2D eigenvalue weighted by molar-refractivity contribution is -0.138. The van der Waals surface area contributed by atoms with Gasteiger partial charge in [-0.3, -0.25) is 14.6 Å². The number of rotatable bonds is 7. The molecule has 0 fully saturated rings. The van der Waals surface area contributed by atoms with E-state index in [9.17, 15) is 9.59 Å². The predicted octanol–water partition coefficient (Wildman–Crippen LogP) is 1.69. The van der Waals surface area contributed by atoms with E-state index < -0.39 is 5.97 Å². The van der Waals surface area contributed by atoms with Gasteiger partial charge in [-0.2, -0.15) is 0 Å². The Hall–Kier alpha value is -1.91. The summed E-state index contributed by atoms with van der Waals surface area (Å²) in [7, 11) is 0. The van der Waals surface area contributed by atoms with Gasteiger partial charge in [0.25, 0.3) is 0 Å². The van der Waals surface area contributed by atoms with Crippen LogP contribution in [-0.2, 0) is 16.1 Å². The maximum atomic E-state index is 11.9. The molecule has 0 radical (unpaired) electrons. The van der Waals surface area contributed by atoms with Crippen LogP contribution >= 0.6 is 0 Å². The van der Waals surface area contributed by atoms with Gasteiger partial charge in [0.15, 0.2) is 0 Å². The molecule has 1 aromatic heterocycles. The van der Waals surface area contributed by atoms with Crippen LogP contribution in [0.25, 0.3) is 0 Å². The van der Waals surface area contributed by atoms with E-state index in [1.54, 1.807) is 23.4 Å². The summed E-state index contributed by atoms with van der Waals surface area (Å²) >= 11 is 0. The highest BCUT2D eigenvalue weighted by molar-refractivity contribution is 5.77. The molecule has 0 saturated heterocycles. The number of carboxylic acid groups (broad SMARTS) is 1. The number of hydrogen-bond donors (Lipinski definition) is 1. The van der Waals surface area contributed by atoms with Crippen molar-refractivity contribution in [1.29, 1.82) is 0 Å². The lowest BCUT2D eigenvalue weighted by Crippen LogP contribution is -2.32. The van der Waals surface area contributed by atoms with Gasteiger partial charge in [-0.25, -0.2) is 0 Å². The Balaban J connectivity index is 2.64. The topological polar surface area (TPSA) is 70.5 Å². The van der Waals surface area contributed by atoms with Gasteiger partial charge in [-0.05, 0) is 18.1 Å². The molecular weight excluding hydrogens is 232 g/mol. The predicted molar refractivity (Wildman–Crippen MR) is 66.8 cm³/mol. The van der Waals surface area contributed by atoms with E-state index in [2.05, 4.69) is 4.98 Å². The number of carboxylic acids is 1. The molecule has 98 valence electrons. The average Bonchev–Trinajstić information content (AvgIpc) is 2.35. The minimum absolute atomic E-state index is 0.0115. The Morgan fingerprint density at radius 3 is 2.72 bits per heavy atom. The van der Waals surface area contributed by atoms with Crippen LogP contribution in [0.4, 0.5) is 0 Å². The number of aliphatic carboxylic acids is 1.